The molecule has 0 radical (unpaired) electrons. The number of hydrogen-bond acceptors (Lipinski definition) is 2. The number of aryl methyl sites for hydroxylation is 1. The van der Waals surface area contributed by atoms with Crippen LogP contribution in [0.25, 0.3) is 0 Å². The van der Waals surface area contributed by atoms with Crippen LogP contribution in [-0.4, -0.2) is 12.5 Å². The molecular weight excluding hydrogens is 188 g/mol. The van der Waals surface area contributed by atoms with Crippen molar-refractivity contribution in [1.29, 1.82) is 0 Å². The van der Waals surface area contributed by atoms with E-state index in [9.17, 15) is 4.79 Å². The minimum Gasteiger partial charge on any atom is -0.330 e. The number of para-hydroxylation sites is 1. The molecule has 82 valence electrons. The predicted octanol–water partition coefficient (Wildman–Crippen LogP) is 1.78. The van der Waals surface area contributed by atoms with Crippen LogP contribution in [0.2, 0.25) is 0 Å². The van der Waals surface area contributed by atoms with Gasteiger partial charge in [0.2, 0.25) is 5.91 Å². The topological polar surface area (TPSA) is 55.1 Å². The molecule has 3 nitrogen and oxygen atoms in total. The van der Waals surface area contributed by atoms with Crippen molar-refractivity contribution < 1.29 is 4.79 Å². The van der Waals surface area contributed by atoms with Gasteiger partial charge in [-0.2, -0.15) is 0 Å². The molecule has 3 N–H and O–H groups in total. The summed E-state index contributed by atoms with van der Waals surface area (Å²) in [6, 6.07) is 7.82. The van der Waals surface area contributed by atoms with E-state index in [1.165, 1.54) is 0 Å². The highest BCUT2D eigenvalue weighted by atomic mass is 16.1. The van der Waals surface area contributed by atoms with E-state index in [-0.39, 0.29) is 11.8 Å². The van der Waals surface area contributed by atoms with Gasteiger partial charge in [-0.25, -0.2) is 0 Å². The third-order valence-electron chi connectivity index (χ3n) is 2.46. The van der Waals surface area contributed by atoms with Gasteiger partial charge in [-0.1, -0.05) is 32.0 Å². The Morgan fingerprint density at radius 1 is 1.47 bits per heavy atom. The number of carbonyl (C=O) groups excluding carboxylic acids is 1. The Balaban J connectivity index is 2.76. The second-order valence-corrected chi connectivity index (χ2v) is 3.64. The summed E-state index contributed by atoms with van der Waals surface area (Å²) in [4.78, 5) is 11.6. The van der Waals surface area contributed by atoms with Gasteiger partial charge in [0.05, 0.1) is 0 Å². The molecule has 1 atom stereocenters. The Bertz CT molecular complexity index is 336. The minimum atomic E-state index is -0.144. The van der Waals surface area contributed by atoms with E-state index in [1.54, 1.807) is 0 Å². The lowest BCUT2D eigenvalue weighted by molar-refractivity contribution is -0.119. The molecule has 1 aromatic carbocycles. The van der Waals surface area contributed by atoms with Crippen molar-refractivity contribution in [3.8, 4) is 0 Å². The quantitative estimate of drug-likeness (QED) is 0.789. The van der Waals surface area contributed by atoms with E-state index in [0.29, 0.717) is 6.54 Å². The second-order valence-electron chi connectivity index (χ2n) is 3.64. The fourth-order valence-corrected chi connectivity index (χ4v) is 1.31. The van der Waals surface area contributed by atoms with Gasteiger partial charge in [-0.3, -0.25) is 4.79 Å². The SMILES string of the molecule is CCc1ccccc1NC(=O)C(C)CN. The third-order valence-corrected chi connectivity index (χ3v) is 2.46. The van der Waals surface area contributed by atoms with Gasteiger partial charge in [-0.05, 0) is 18.1 Å². The van der Waals surface area contributed by atoms with E-state index in [0.717, 1.165) is 17.7 Å². The largest absolute Gasteiger partial charge is 0.330 e. The van der Waals surface area contributed by atoms with Crippen LogP contribution in [0.4, 0.5) is 5.69 Å². The first-order chi connectivity index (χ1) is 7.19. The van der Waals surface area contributed by atoms with Crippen LogP contribution in [0, 0.1) is 5.92 Å². The summed E-state index contributed by atoms with van der Waals surface area (Å²) in [6.07, 6.45) is 0.910. The lowest BCUT2D eigenvalue weighted by Gasteiger charge is -2.12. The summed E-state index contributed by atoms with van der Waals surface area (Å²) in [5, 5.41) is 2.89. The molecular formula is C12H18N2O. The summed E-state index contributed by atoms with van der Waals surface area (Å²) in [7, 11) is 0. The number of anilines is 1. The molecule has 0 spiro atoms. The number of nitrogens with one attached hydrogen (secondary N) is 1. The number of carbonyl (C=O) groups is 1. The van der Waals surface area contributed by atoms with Gasteiger partial charge in [-0.15, -0.1) is 0 Å². The van der Waals surface area contributed by atoms with E-state index >= 15 is 0 Å². The summed E-state index contributed by atoms with van der Waals surface area (Å²) >= 11 is 0. The van der Waals surface area contributed by atoms with Crippen LogP contribution in [0.5, 0.6) is 0 Å². The third kappa shape index (κ3) is 3.06. The highest BCUT2D eigenvalue weighted by Crippen LogP contribution is 2.16. The molecule has 0 aliphatic rings. The molecule has 1 unspecified atom stereocenters. The zero-order valence-electron chi connectivity index (χ0n) is 9.29. The smallest absolute Gasteiger partial charge is 0.228 e. The molecule has 0 aliphatic carbocycles. The minimum absolute atomic E-state index is 0.0154. The van der Waals surface area contributed by atoms with E-state index in [2.05, 4.69) is 12.2 Å². The molecule has 0 heterocycles. The highest BCUT2D eigenvalue weighted by molar-refractivity contribution is 5.93. The Morgan fingerprint density at radius 2 is 2.13 bits per heavy atom. The molecule has 3 heteroatoms. The monoisotopic (exact) mass is 206 g/mol. The average Bonchev–Trinajstić information content (AvgIpc) is 2.28. The zero-order chi connectivity index (χ0) is 11.3. The summed E-state index contributed by atoms with van der Waals surface area (Å²) in [6.45, 7) is 4.27. The average molecular weight is 206 g/mol. The van der Waals surface area contributed by atoms with Crippen molar-refractivity contribution in [2.24, 2.45) is 11.7 Å². The van der Waals surface area contributed by atoms with Crippen LogP contribution in [0.3, 0.4) is 0 Å². The van der Waals surface area contributed by atoms with Crippen molar-refractivity contribution in [3.63, 3.8) is 0 Å². The van der Waals surface area contributed by atoms with E-state index in [4.69, 9.17) is 5.73 Å². The fourth-order valence-electron chi connectivity index (χ4n) is 1.31. The van der Waals surface area contributed by atoms with E-state index in [1.807, 2.05) is 31.2 Å². The van der Waals surface area contributed by atoms with Gasteiger partial charge in [0.25, 0.3) is 0 Å². The second kappa shape index (κ2) is 5.51. The molecule has 1 aromatic rings. The first-order valence-electron chi connectivity index (χ1n) is 5.27. The zero-order valence-corrected chi connectivity index (χ0v) is 9.29. The first-order valence-corrected chi connectivity index (χ1v) is 5.27. The van der Waals surface area contributed by atoms with Crippen molar-refractivity contribution in [3.05, 3.63) is 29.8 Å². The first kappa shape index (κ1) is 11.7. The normalized spacial score (nSPS) is 12.2. The van der Waals surface area contributed by atoms with E-state index < -0.39 is 0 Å². The number of amides is 1. The molecule has 1 amide bonds. The number of rotatable bonds is 4. The Morgan fingerprint density at radius 3 is 2.73 bits per heavy atom. The Hall–Kier alpha value is -1.35. The molecule has 1 rings (SSSR count). The maximum absolute atomic E-state index is 11.6. The molecule has 0 aliphatic heterocycles. The summed E-state index contributed by atoms with van der Waals surface area (Å²) in [5.41, 5.74) is 7.48. The molecule has 0 aromatic heterocycles. The van der Waals surface area contributed by atoms with Crippen molar-refractivity contribution in [1.82, 2.24) is 0 Å². The summed E-state index contributed by atoms with van der Waals surface area (Å²) in [5.74, 6) is -0.159. The standard InChI is InChI=1S/C12H18N2O/c1-3-10-6-4-5-7-11(10)14-12(15)9(2)8-13/h4-7,9H,3,8,13H2,1-2H3,(H,14,15). The van der Waals surface area contributed by atoms with Gasteiger partial charge in [0.1, 0.15) is 0 Å². The Labute approximate surface area is 90.7 Å². The van der Waals surface area contributed by atoms with Gasteiger partial charge >= 0.3 is 0 Å². The molecule has 0 bridgehead atoms. The number of nitrogens with two attached hydrogens (primary N) is 1. The predicted molar refractivity (Wildman–Crippen MR) is 62.7 cm³/mol. The Kier molecular flexibility index (Phi) is 4.31. The maximum Gasteiger partial charge on any atom is 0.228 e. The van der Waals surface area contributed by atoms with Crippen LogP contribution in [0.15, 0.2) is 24.3 Å². The lowest BCUT2D eigenvalue weighted by atomic mass is 10.1. The maximum atomic E-state index is 11.6. The number of hydrogen-bond donors (Lipinski definition) is 2. The van der Waals surface area contributed by atoms with Crippen molar-refractivity contribution in [2.45, 2.75) is 20.3 Å². The van der Waals surface area contributed by atoms with Crippen molar-refractivity contribution >= 4 is 11.6 Å². The van der Waals surface area contributed by atoms with Crippen LogP contribution >= 0.6 is 0 Å². The van der Waals surface area contributed by atoms with Gasteiger partial charge < -0.3 is 11.1 Å². The van der Waals surface area contributed by atoms with Gasteiger partial charge in [0, 0.05) is 18.2 Å². The summed E-state index contributed by atoms with van der Waals surface area (Å²) < 4.78 is 0. The van der Waals surface area contributed by atoms with Gasteiger partial charge in [0.15, 0.2) is 0 Å². The molecule has 0 saturated carbocycles. The lowest BCUT2D eigenvalue weighted by Crippen LogP contribution is -2.27. The van der Waals surface area contributed by atoms with Crippen LogP contribution < -0.4 is 11.1 Å². The molecule has 0 saturated heterocycles. The van der Waals surface area contributed by atoms with Crippen LogP contribution in [0.1, 0.15) is 19.4 Å². The fraction of sp³-hybridized carbons (Fsp3) is 0.417. The van der Waals surface area contributed by atoms with Crippen molar-refractivity contribution in [2.75, 3.05) is 11.9 Å². The molecule has 15 heavy (non-hydrogen) atoms. The number of benzene rings is 1. The molecule has 0 fully saturated rings. The van der Waals surface area contributed by atoms with Crippen LogP contribution in [-0.2, 0) is 11.2 Å². The highest BCUT2D eigenvalue weighted by Gasteiger charge is 2.11.